The Morgan fingerprint density at radius 2 is 2.25 bits per heavy atom. The van der Waals surface area contributed by atoms with Crippen LogP contribution in [0.15, 0.2) is 0 Å². The molecule has 1 fully saturated rings. The first kappa shape index (κ1) is 15.3. The van der Waals surface area contributed by atoms with Gasteiger partial charge in [0.25, 0.3) is 0 Å². The molecule has 2 heterocycles. The second-order valence-electron chi connectivity index (χ2n) is 6.00. The third-order valence-electron chi connectivity index (χ3n) is 4.30. The largest absolute Gasteiger partial charge is 0.477 e. The molecule has 0 amide bonds. The fourth-order valence-electron chi connectivity index (χ4n) is 2.82. The molecule has 4 nitrogen and oxygen atoms in total. The third kappa shape index (κ3) is 2.97. The summed E-state index contributed by atoms with van der Waals surface area (Å²) in [6, 6.07) is 0.441. The molecule has 2 rings (SSSR count). The van der Waals surface area contributed by atoms with E-state index in [4.69, 9.17) is 0 Å². The van der Waals surface area contributed by atoms with Crippen molar-refractivity contribution in [3.05, 3.63) is 10.6 Å². The summed E-state index contributed by atoms with van der Waals surface area (Å²) in [5.41, 5.74) is 0.755. The lowest BCUT2D eigenvalue weighted by Gasteiger charge is -2.36. The second kappa shape index (κ2) is 6.12. The average Bonchev–Trinajstić information content (AvgIpc) is 2.82. The highest BCUT2D eigenvalue weighted by Crippen LogP contribution is 2.35. The molecule has 0 spiro atoms. The van der Waals surface area contributed by atoms with Crippen molar-refractivity contribution < 1.29 is 9.90 Å². The maximum Gasteiger partial charge on any atom is 0.347 e. The Labute approximate surface area is 124 Å². The van der Waals surface area contributed by atoms with E-state index in [9.17, 15) is 9.90 Å². The Morgan fingerprint density at radius 3 is 2.80 bits per heavy atom. The van der Waals surface area contributed by atoms with Gasteiger partial charge in [0.2, 0.25) is 0 Å². The van der Waals surface area contributed by atoms with E-state index >= 15 is 0 Å². The lowest BCUT2D eigenvalue weighted by atomic mass is 9.94. The van der Waals surface area contributed by atoms with E-state index in [1.165, 1.54) is 11.3 Å². The van der Waals surface area contributed by atoms with E-state index < -0.39 is 5.97 Å². The molecular weight excluding hydrogens is 272 g/mol. The van der Waals surface area contributed by atoms with Gasteiger partial charge in [-0.25, -0.2) is 9.78 Å². The first-order chi connectivity index (χ1) is 9.43. The van der Waals surface area contributed by atoms with Gasteiger partial charge in [-0.2, -0.15) is 0 Å². The molecule has 3 atom stereocenters. The van der Waals surface area contributed by atoms with E-state index in [2.05, 4.69) is 30.7 Å². The first-order valence-corrected chi connectivity index (χ1v) is 8.26. The summed E-state index contributed by atoms with van der Waals surface area (Å²) in [5.74, 6) is 0.0985. The number of aromatic carboxylic acids is 1. The lowest BCUT2D eigenvalue weighted by Crippen LogP contribution is -2.40. The molecule has 1 aromatic rings. The highest BCUT2D eigenvalue weighted by atomic mass is 32.1. The number of piperidine rings is 1. The van der Waals surface area contributed by atoms with E-state index in [0.29, 0.717) is 10.9 Å². The van der Waals surface area contributed by atoms with Crippen molar-refractivity contribution in [2.24, 2.45) is 5.92 Å². The molecule has 1 saturated heterocycles. The van der Waals surface area contributed by atoms with Gasteiger partial charge in [-0.1, -0.05) is 32.1 Å². The Balaban J connectivity index is 2.31. The van der Waals surface area contributed by atoms with Crippen LogP contribution in [-0.2, 0) is 0 Å². The minimum Gasteiger partial charge on any atom is -0.477 e. The molecule has 1 N–H and O–H groups in total. The summed E-state index contributed by atoms with van der Waals surface area (Å²) in [4.78, 5) is 18.8. The molecule has 1 aliphatic heterocycles. The predicted molar refractivity (Wildman–Crippen MR) is 83.0 cm³/mol. The average molecular weight is 296 g/mol. The molecule has 0 saturated carbocycles. The monoisotopic (exact) mass is 296 g/mol. The molecule has 0 aromatic carbocycles. The van der Waals surface area contributed by atoms with E-state index in [-0.39, 0.29) is 5.92 Å². The molecule has 112 valence electrons. The number of nitrogens with zero attached hydrogens (tertiary/aromatic N) is 2. The van der Waals surface area contributed by atoms with Crippen LogP contribution in [0.2, 0.25) is 0 Å². The van der Waals surface area contributed by atoms with Crippen LogP contribution >= 0.6 is 11.3 Å². The molecule has 1 aromatic heterocycles. The summed E-state index contributed by atoms with van der Waals surface area (Å²) in [7, 11) is 0. The highest BCUT2D eigenvalue weighted by molar-refractivity contribution is 7.17. The molecule has 0 aliphatic carbocycles. The highest BCUT2D eigenvalue weighted by Gasteiger charge is 2.28. The number of carboxylic acid groups (broad SMARTS) is 1. The zero-order chi connectivity index (χ0) is 14.9. The quantitative estimate of drug-likeness (QED) is 0.913. The molecular formula is C15H24N2O2S. The summed E-state index contributed by atoms with van der Waals surface area (Å²) in [6.45, 7) is 9.59. The normalized spacial score (nSPS) is 24.7. The predicted octanol–water partition coefficient (Wildman–Crippen LogP) is 3.98. The summed E-state index contributed by atoms with van der Waals surface area (Å²) in [6.07, 6.45) is 3.22. The first-order valence-electron chi connectivity index (χ1n) is 7.44. The standard InChI is InChI=1S/C15H24N2O2S/c1-5-10(3)12-13(14(18)19)20-15(16-12)17-7-6-9(2)8-11(17)4/h9-11H,5-8H2,1-4H3,(H,18,19). The molecule has 0 radical (unpaired) electrons. The van der Waals surface area contributed by atoms with Gasteiger partial charge in [0.15, 0.2) is 5.13 Å². The molecule has 3 unspecified atom stereocenters. The number of aromatic nitrogens is 1. The van der Waals surface area contributed by atoms with Crippen LogP contribution in [0, 0.1) is 5.92 Å². The van der Waals surface area contributed by atoms with Crippen molar-refractivity contribution in [3.63, 3.8) is 0 Å². The minimum absolute atomic E-state index is 0.199. The van der Waals surface area contributed by atoms with Gasteiger partial charge in [-0.3, -0.25) is 0 Å². The van der Waals surface area contributed by atoms with Gasteiger partial charge in [0.1, 0.15) is 4.88 Å². The van der Waals surface area contributed by atoms with Gasteiger partial charge < -0.3 is 10.0 Å². The van der Waals surface area contributed by atoms with Crippen LogP contribution < -0.4 is 4.90 Å². The van der Waals surface area contributed by atoms with Crippen LogP contribution in [0.1, 0.15) is 68.2 Å². The van der Waals surface area contributed by atoms with Gasteiger partial charge in [0, 0.05) is 12.6 Å². The van der Waals surface area contributed by atoms with Crippen molar-refractivity contribution in [1.82, 2.24) is 4.98 Å². The fraction of sp³-hybridized carbons (Fsp3) is 0.733. The van der Waals surface area contributed by atoms with Crippen LogP contribution in [0.25, 0.3) is 0 Å². The molecule has 5 heteroatoms. The van der Waals surface area contributed by atoms with Gasteiger partial charge in [0.05, 0.1) is 5.69 Å². The summed E-state index contributed by atoms with van der Waals surface area (Å²) in [5, 5.41) is 10.3. The van der Waals surface area contributed by atoms with Crippen molar-refractivity contribution in [1.29, 1.82) is 0 Å². The van der Waals surface area contributed by atoms with Crippen LogP contribution in [-0.4, -0.2) is 28.6 Å². The van der Waals surface area contributed by atoms with E-state index in [1.807, 2.05) is 6.92 Å². The van der Waals surface area contributed by atoms with Crippen molar-refractivity contribution >= 4 is 22.4 Å². The van der Waals surface area contributed by atoms with Crippen LogP contribution in [0.4, 0.5) is 5.13 Å². The number of carbonyl (C=O) groups is 1. The molecule has 20 heavy (non-hydrogen) atoms. The Morgan fingerprint density at radius 1 is 1.55 bits per heavy atom. The van der Waals surface area contributed by atoms with E-state index in [1.54, 1.807) is 0 Å². The number of thiazole rings is 1. The van der Waals surface area contributed by atoms with Gasteiger partial charge >= 0.3 is 5.97 Å². The van der Waals surface area contributed by atoms with E-state index in [0.717, 1.165) is 42.6 Å². The Hall–Kier alpha value is -1.10. The SMILES string of the molecule is CCC(C)c1nc(N2CCC(C)CC2C)sc1C(=O)O. The number of hydrogen-bond acceptors (Lipinski definition) is 4. The van der Waals surface area contributed by atoms with Crippen molar-refractivity contribution in [3.8, 4) is 0 Å². The molecule has 0 bridgehead atoms. The Kier molecular flexibility index (Phi) is 4.68. The zero-order valence-electron chi connectivity index (χ0n) is 12.7. The lowest BCUT2D eigenvalue weighted by molar-refractivity contribution is 0.0700. The topological polar surface area (TPSA) is 53.4 Å². The second-order valence-corrected chi connectivity index (χ2v) is 6.97. The zero-order valence-corrected chi connectivity index (χ0v) is 13.5. The van der Waals surface area contributed by atoms with Crippen molar-refractivity contribution in [2.75, 3.05) is 11.4 Å². The van der Waals surface area contributed by atoms with Crippen LogP contribution in [0.5, 0.6) is 0 Å². The van der Waals surface area contributed by atoms with Gasteiger partial charge in [-0.05, 0) is 38.0 Å². The summed E-state index contributed by atoms with van der Waals surface area (Å²) < 4.78 is 0. The van der Waals surface area contributed by atoms with Crippen molar-refractivity contribution in [2.45, 2.75) is 58.9 Å². The number of anilines is 1. The molecule has 1 aliphatic rings. The smallest absolute Gasteiger partial charge is 0.347 e. The number of hydrogen-bond donors (Lipinski definition) is 1. The summed E-state index contributed by atoms with van der Waals surface area (Å²) >= 11 is 1.34. The fourth-order valence-corrected chi connectivity index (χ4v) is 3.97. The maximum atomic E-state index is 11.4. The van der Waals surface area contributed by atoms with Crippen LogP contribution in [0.3, 0.4) is 0 Å². The van der Waals surface area contributed by atoms with Gasteiger partial charge in [-0.15, -0.1) is 0 Å². The number of carboxylic acids is 1. The number of rotatable bonds is 4. The minimum atomic E-state index is -0.845. The maximum absolute atomic E-state index is 11.4. The third-order valence-corrected chi connectivity index (χ3v) is 5.40. The Bertz CT molecular complexity index is 486.